The van der Waals surface area contributed by atoms with E-state index in [9.17, 15) is 47.9 Å². The van der Waals surface area contributed by atoms with Crippen LogP contribution >= 0.6 is 0 Å². The second-order valence-corrected chi connectivity index (χ2v) is 32.5. The topological polar surface area (TPSA) is 460 Å². The van der Waals surface area contributed by atoms with E-state index in [2.05, 4.69) is 72.4 Å². The van der Waals surface area contributed by atoms with Crippen molar-refractivity contribution >= 4 is 150 Å². The molecular weight excluding hydrogens is 1610 g/mol. The molecule has 35 heteroatoms. The maximum absolute atomic E-state index is 14.7. The highest BCUT2D eigenvalue weighted by Gasteiger charge is 2.29. The number of aromatic nitrogens is 10. The fraction of sp³-hybridized carbons (Fsp3) is 0.289. The van der Waals surface area contributed by atoms with E-state index in [-0.39, 0.29) is 187 Å². The van der Waals surface area contributed by atoms with Crippen molar-refractivity contribution in [2.24, 2.45) is 23.7 Å². The number of ether oxygens (including phenoxy) is 7. The van der Waals surface area contributed by atoms with Crippen molar-refractivity contribution in [1.82, 2.24) is 49.8 Å². The molecule has 8 amide bonds. The van der Waals surface area contributed by atoms with Crippen molar-refractivity contribution in [3.63, 3.8) is 0 Å². The lowest BCUT2D eigenvalue weighted by atomic mass is 10.0. The predicted octanol–water partition coefficient (Wildman–Crippen LogP) is 16.2. The lowest BCUT2D eigenvalue weighted by molar-refractivity contribution is 0.0386. The SMILES string of the molecule is Cc1c2nc(C(=O)Nc3cccc(NC(=O)c4cccc(C(=O)Nc5cccc(NC(=O)OC(C)(C)C)n5)n4)n3)cc(OCC(C)C)c2cc2c(OCC(C)C)cc(C(=O)OC(=O)c3cc(OCC(C)C)c4cc5c(OCC(C)C)cc(C(=O)Nc6cccc(NC(=O)c7cccc(C(=O)Nc8cccc(NC(=O)OC(C)(C)C)n8)n7)n6)nc5c(C)c4n3)nc12. The van der Waals surface area contributed by atoms with Crippen LogP contribution in [0.4, 0.5) is 56.1 Å². The molecule has 0 saturated heterocycles. The van der Waals surface area contributed by atoms with Gasteiger partial charge in [0.15, 0.2) is 11.4 Å². The van der Waals surface area contributed by atoms with E-state index < -0.39 is 70.8 Å². The number of nitrogens with zero attached hydrogens (tertiary/aromatic N) is 10. The zero-order chi connectivity index (χ0) is 89.9. The van der Waals surface area contributed by atoms with Gasteiger partial charge in [-0.05, 0) is 164 Å². The smallest absolute Gasteiger partial charge is 0.413 e. The summed E-state index contributed by atoms with van der Waals surface area (Å²) in [6.45, 7) is 30.1. The van der Waals surface area contributed by atoms with Gasteiger partial charge in [-0.15, -0.1) is 0 Å². The van der Waals surface area contributed by atoms with Crippen LogP contribution in [0.15, 0.2) is 146 Å². The van der Waals surface area contributed by atoms with Gasteiger partial charge in [0.05, 0.1) is 48.5 Å². The predicted molar refractivity (Wildman–Crippen MR) is 467 cm³/mol. The van der Waals surface area contributed by atoms with Gasteiger partial charge in [-0.2, -0.15) is 0 Å². The molecule has 0 unspecified atom stereocenters. The zero-order valence-electron chi connectivity index (χ0n) is 71.4. The Labute approximate surface area is 717 Å². The molecule has 2 aromatic carbocycles. The number of carbonyl (C=O) groups is 10. The molecule has 0 bridgehead atoms. The van der Waals surface area contributed by atoms with Gasteiger partial charge in [-0.1, -0.05) is 91.8 Å². The Morgan fingerprint density at radius 3 is 0.736 bits per heavy atom. The molecule has 10 heterocycles. The molecule has 8 N–H and O–H groups in total. The van der Waals surface area contributed by atoms with Gasteiger partial charge in [0.2, 0.25) is 0 Å². The molecule has 35 nitrogen and oxygen atoms in total. The standard InChI is InChI=1S/C90H92N18O17/c1-45(2)41-119-63-37-59(83(113)105-69-29-19-27-67(97-69)101-79(109)55-23-17-25-57(91-55)81(111)103-71-31-21-33-73(99-71)107-87(117)124-89(11,12)13)93-75-49(9)77-53(35-51(63)75)65(121-43-47(5)6)39-61(95-77)85(115)123-86(116)62-40-66(122-44-48(7)8)54-36-52-64(120-42-46(3)4)38-60(94-76(52)50(10)78(54)96-62)84(114)106-70-30-20-28-68(98-70)102-80(110)56-24-18-26-58(92-56)82(112)104-72-32-22-34-74(100-72)108-88(118)125-90(14,15)16/h17-40,45-48H,41-44H2,1-16H3,(H2,97,101,105,109,113)(H2,98,102,106,110,114)(H2,99,103,107,111,117)(H2,100,104,108,112,118). The lowest BCUT2D eigenvalue weighted by Crippen LogP contribution is -2.27. The molecule has 12 aromatic rings. The number of pyridine rings is 10. The van der Waals surface area contributed by atoms with Gasteiger partial charge in [0.25, 0.3) is 35.4 Å². The van der Waals surface area contributed by atoms with E-state index in [1.54, 1.807) is 91.8 Å². The molecule has 0 spiro atoms. The summed E-state index contributed by atoms with van der Waals surface area (Å²) in [6, 6.07) is 35.8. The van der Waals surface area contributed by atoms with Crippen LogP contribution in [0.2, 0.25) is 0 Å². The Hall–Kier alpha value is -15.3. The molecule has 0 fully saturated rings. The third-order valence-electron chi connectivity index (χ3n) is 17.6. The van der Waals surface area contributed by atoms with Crippen LogP contribution in [0.3, 0.4) is 0 Å². The second-order valence-electron chi connectivity index (χ2n) is 32.5. The number of benzene rings is 2. The molecule has 10 aromatic heterocycles. The highest BCUT2D eigenvalue weighted by molar-refractivity contribution is 6.13. The van der Waals surface area contributed by atoms with Gasteiger partial charge in [-0.25, -0.2) is 69.0 Å². The zero-order valence-corrected chi connectivity index (χ0v) is 71.4. The normalized spacial score (nSPS) is 11.5. The molecule has 12 rings (SSSR count). The fourth-order valence-electron chi connectivity index (χ4n) is 12.0. The average molecular weight is 1700 g/mol. The molecule has 0 radical (unpaired) electrons. The Bertz CT molecular complexity index is 5890. The molecule has 0 aliphatic carbocycles. The Morgan fingerprint density at radius 1 is 0.280 bits per heavy atom. The number of rotatable bonds is 28. The number of fused-ring (bicyclic) bond motifs is 4. The summed E-state index contributed by atoms with van der Waals surface area (Å²) in [5, 5.41) is 22.8. The molecule has 125 heavy (non-hydrogen) atoms. The van der Waals surface area contributed by atoms with Crippen LogP contribution in [-0.4, -0.2) is 147 Å². The number of amides is 8. The Balaban J connectivity index is 0.784. The van der Waals surface area contributed by atoms with Gasteiger partial charge in [-0.3, -0.25) is 39.4 Å². The van der Waals surface area contributed by atoms with Crippen LogP contribution in [0.25, 0.3) is 43.6 Å². The molecule has 0 aliphatic rings. The maximum atomic E-state index is 14.7. The number of esters is 2. The molecule has 0 aliphatic heterocycles. The summed E-state index contributed by atoms with van der Waals surface area (Å²) in [5.74, 6) is -5.39. The summed E-state index contributed by atoms with van der Waals surface area (Å²) >= 11 is 0. The Morgan fingerprint density at radius 2 is 0.496 bits per heavy atom. The molecule has 644 valence electrons. The largest absolute Gasteiger partial charge is 0.493 e. The van der Waals surface area contributed by atoms with Crippen LogP contribution in [-0.2, 0) is 14.2 Å². The first-order valence-corrected chi connectivity index (χ1v) is 39.9. The fourth-order valence-corrected chi connectivity index (χ4v) is 12.0. The van der Waals surface area contributed by atoms with Gasteiger partial charge in [0, 0.05) is 56.9 Å². The van der Waals surface area contributed by atoms with Crippen molar-refractivity contribution in [2.75, 3.05) is 69.0 Å². The summed E-state index contributed by atoms with van der Waals surface area (Å²) in [7, 11) is 0. The highest BCUT2D eigenvalue weighted by atomic mass is 16.6. The first-order valence-electron chi connectivity index (χ1n) is 39.9. The van der Waals surface area contributed by atoms with E-state index in [1.807, 2.05) is 55.4 Å². The summed E-state index contributed by atoms with van der Waals surface area (Å²) in [4.78, 5) is 183. The maximum Gasteiger partial charge on any atom is 0.413 e. The highest BCUT2D eigenvalue weighted by Crippen LogP contribution is 2.40. The number of anilines is 8. The third-order valence-corrected chi connectivity index (χ3v) is 17.6. The monoisotopic (exact) mass is 1700 g/mol. The van der Waals surface area contributed by atoms with Gasteiger partial charge in [0.1, 0.15) is 115 Å². The number of nitrogens with one attached hydrogen (secondary N) is 8. The third kappa shape index (κ3) is 23.2. The van der Waals surface area contributed by atoms with Crippen molar-refractivity contribution in [1.29, 1.82) is 0 Å². The van der Waals surface area contributed by atoms with Crippen molar-refractivity contribution in [3.05, 3.63) is 202 Å². The number of aryl methyl sites for hydroxylation is 2. The van der Waals surface area contributed by atoms with Crippen LogP contribution in [0.1, 0.15) is 192 Å². The van der Waals surface area contributed by atoms with Crippen LogP contribution < -0.4 is 61.5 Å². The van der Waals surface area contributed by atoms with E-state index in [0.717, 1.165) is 0 Å². The molecular formula is C90H92N18O17. The summed E-state index contributed by atoms with van der Waals surface area (Å²) in [6.07, 6.45) is -1.49. The van der Waals surface area contributed by atoms with E-state index >= 15 is 0 Å². The first kappa shape index (κ1) is 89.0. The summed E-state index contributed by atoms with van der Waals surface area (Å²) < 4.78 is 42.0. The minimum atomic E-state index is -1.19. The van der Waals surface area contributed by atoms with Crippen molar-refractivity contribution in [2.45, 2.75) is 122 Å². The summed E-state index contributed by atoms with van der Waals surface area (Å²) in [5.41, 5.74) is -1.42. The average Bonchev–Trinajstić information content (AvgIpc) is 0.748. The molecule has 0 saturated carbocycles. The number of hydrogen-bond acceptors (Lipinski definition) is 27. The minimum Gasteiger partial charge on any atom is -0.493 e. The lowest BCUT2D eigenvalue weighted by Gasteiger charge is -2.19. The number of hydrogen-bond donors (Lipinski definition) is 8. The molecule has 0 atom stereocenters. The first-order chi connectivity index (χ1) is 59.3. The van der Waals surface area contributed by atoms with Crippen LogP contribution in [0, 0.1) is 37.5 Å². The van der Waals surface area contributed by atoms with E-state index in [4.69, 9.17) is 53.1 Å². The quantitative estimate of drug-likeness (QED) is 0.00977. The van der Waals surface area contributed by atoms with Crippen molar-refractivity contribution in [3.8, 4) is 23.0 Å². The van der Waals surface area contributed by atoms with Crippen LogP contribution in [0.5, 0.6) is 23.0 Å². The number of carbonyl (C=O) groups excluding carboxylic acids is 10. The van der Waals surface area contributed by atoms with Gasteiger partial charge >= 0.3 is 24.1 Å². The second kappa shape index (κ2) is 38.2. The van der Waals surface area contributed by atoms with Crippen molar-refractivity contribution < 1.29 is 81.1 Å². The Kier molecular flexibility index (Phi) is 27.2. The minimum absolute atomic E-state index is 0.00385. The van der Waals surface area contributed by atoms with Gasteiger partial charge < -0.3 is 65.1 Å². The van der Waals surface area contributed by atoms with E-state index in [0.29, 0.717) is 32.7 Å². The van der Waals surface area contributed by atoms with E-state index in [1.165, 1.54) is 109 Å².